The van der Waals surface area contributed by atoms with Crippen LogP contribution in [0.15, 0.2) is 23.1 Å². The Morgan fingerprint density at radius 2 is 2.04 bits per heavy atom. The maximum absolute atomic E-state index is 14.1. The molecule has 138 valence electrons. The van der Waals surface area contributed by atoms with Crippen molar-refractivity contribution >= 4 is 21.9 Å². The van der Waals surface area contributed by atoms with Gasteiger partial charge >= 0.3 is 5.97 Å². The van der Waals surface area contributed by atoms with Crippen molar-refractivity contribution in [2.45, 2.75) is 37.6 Å². The minimum Gasteiger partial charge on any atom is -0.478 e. The molecule has 0 saturated carbocycles. The standard InChI is InChI=1S/C16H21FN2O5S/c1-3-4-12-8-19(9-14(12)18-10(2)20)25(23,24)15-7-11(16(21)22)5-6-13(15)17/h5-7,12,14H,3-4,8-9H2,1-2H3,(H,18,20)(H,21,22)/t12-,14-/m1/s1. The lowest BCUT2D eigenvalue weighted by Gasteiger charge is -2.18. The maximum atomic E-state index is 14.1. The number of sulfonamides is 1. The molecular weight excluding hydrogens is 351 g/mol. The Morgan fingerprint density at radius 3 is 2.60 bits per heavy atom. The summed E-state index contributed by atoms with van der Waals surface area (Å²) in [5, 5.41) is 11.7. The van der Waals surface area contributed by atoms with E-state index in [4.69, 9.17) is 5.11 Å². The lowest BCUT2D eigenvalue weighted by molar-refractivity contribution is -0.119. The highest BCUT2D eigenvalue weighted by atomic mass is 32.2. The number of nitrogens with one attached hydrogen (secondary N) is 1. The Balaban J connectivity index is 2.35. The minimum atomic E-state index is -4.20. The van der Waals surface area contributed by atoms with Crippen LogP contribution in [0.2, 0.25) is 0 Å². The van der Waals surface area contributed by atoms with E-state index in [-0.39, 0.29) is 36.5 Å². The van der Waals surface area contributed by atoms with E-state index in [9.17, 15) is 22.4 Å². The Labute approximate surface area is 145 Å². The first-order chi connectivity index (χ1) is 11.7. The molecule has 0 radical (unpaired) electrons. The van der Waals surface area contributed by atoms with Crippen LogP contribution in [0.3, 0.4) is 0 Å². The molecule has 0 spiro atoms. The number of carbonyl (C=O) groups is 2. The van der Waals surface area contributed by atoms with Gasteiger partial charge in [0.1, 0.15) is 10.7 Å². The number of amides is 1. The summed E-state index contributed by atoms with van der Waals surface area (Å²) in [5.74, 6) is -2.67. The Hall–Kier alpha value is -2.00. The van der Waals surface area contributed by atoms with Crippen LogP contribution in [0.25, 0.3) is 0 Å². The van der Waals surface area contributed by atoms with Gasteiger partial charge in [-0.2, -0.15) is 4.31 Å². The predicted octanol–water partition coefficient (Wildman–Crippen LogP) is 1.45. The van der Waals surface area contributed by atoms with Gasteiger partial charge in [-0.05, 0) is 30.5 Å². The van der Waals surface area contributed by atoms with Crippen LogP contribution in [0.5, 0.6) is 0 Å². The zero-order chi connectivity index (χ0) is 18.8. The lowest BCUT2D eigenvalue weighted by Crippen LogP contribution is -2.40. The van der Waals surface area contributed by atoms with Gasteiger partial charge in [0.2, 0.25) is 15.9 Å². The highest BCUT2D eigenvalue weighted by Crippen LogP contribution is 2.29. The summed E-state index contributed by atoms with van der Waals surface area (Å²) >= 11 is 0. The number of hydrogen-bond acceptors (Lipinski definition) is 4. The van der Waals surface area contributed by atoms with Crippen molar-refractivity contribution < 1.29 is 27.5 Å². The van der Waals surface area contributed by atoms with Gasteiger partial charge in [0.05, 0.1) is 5.56 Å². The van der Waals surface area contributed by atoms with Gasteiger partial charge < -0.3 is 10.4 Å². The molecule has 1 amide bonds. The zero-order valence-electron chi connectivity index (χ0n) is 14.0. The molecule has 1 saturated heterocycles. The van der Waals surface area contributed by atoms with Crippen LogP contribution in [0.4, 0.5) is 4.39 Å². The summed E-state index contributed by atoms with van der Waals surface area (Å²) in [6, 6.07) is 2.33. The van der Waals surface area contributed by atoms with E-state index in [1.165, 1.54) is 6.92 Å². The second-order valence-corrected chi connectivity index (χ2v) is 8.03. The fourth-order valence-electron chi connectivity index (χ4n) is 3.09. The van der Waals surface area contributed by atoms with Crippen LogP contribution >= 0.6 is 0 Å². The van der Waals surface area contributed by atoms with Crippen LogP contribution < -0.4 is 5.32 Å². The number of nitrogens with zero attached hydrogens (tertiary/aromatic N) is 1. The average Bonchev–Trinajstić information content (AvgIpc) is 2.90. The van der Waals surface area contributed by atoms with Crippen LogP contribution in [0, 0.1) is 11.7 Å². The van der Waals surface area contributed by atoms with E-state index in [1.807, 2.05) is 6.92 Å². The number of halogens is 1. The molecule has 0 aliphatic carbocycles. The molecule has 7 nitrogen and oxygen atoms in total. The Kier molecular flexibility index (Phi) is 5.79. The van der Waals surface area contributed by atoms with Crippen molar-refractivity contribution in [1.29, 1.82) is 0 Å². The van der Waals surface area contributed by atoms with E-state index >= 15 is 0 Å². The summed E-state index contributed by atoms with van der Waals surface area (Å²) in [7, 11) is -4.20. The molecule has 2 atom stereocenters. The molecule has 1 aliphatic heterocycles. The largest absolute Gasteiger partial charge is 0.478 e. The lowest BCUT2D eigenvalue weighted by atomic mass is 9.98. The summed E-state index contributed by atoms with van der Waals surface area (Å²) in [6.45, 7) is 3.50. The topological polar surface area (TPSA) is 104 Å². The molecule has 1 aliphatic rings. The first-order valence-corrected chi connectivity index (χ1v) is 9.41. The van der Waals surface area contributed by atoms with Crippen molar-refractivity contribution in [3.63, 3.8) is 0 Å². The van der Waals surface area contributed by atoms with Gasteiger partial charge in [-0.1, -0.05) is 13.3 Å². The quantitative estimate of drug-likeness (QED) is 0.787. The van der Waals surface area contributed by atoms with Crippen molar-refractivity contribution in [3.8, 4) is 0 Å². The van der Waals surface area contributed by atoms with Crippen LogP contribution in [0.1, 0.15) is 37.0 Å². The number of carboxylic acids is 1. The molecule has 0 aromatic heterocycles. The second-order valence-electron chi connectivity index (χ2n) is 6.13. The third kappa shape index (κ3) is 4.16. The van der Waals surface area contributed by atoms with Crippen molar-refractivity contribution in [2.24, 2.45) is 5.92 Å². The highest BCUT2D eigenvalue weighted by Gasteiger charge is 2.40. The van der Waals surface area contributed by atoms with Gasteiger partial charge in [-0.25, -0.2) is 17.6 Å². The van der Waals surface area contributed by atoms with E-state index < -0.39 is 26.7 Å². The number of aromatic carboxylic acids is 1. The molecule has 1 aromatic carbocycles. The van der Waals surface area contributed by atoms with Gasteiger partial charge in [0, 0.05) is 26.1 Å². The van der Waals surface area contributed by atoms with E-state index in [0.717, 1.165) is 28.9 Å². The summed E-state index contributed by atoms with van der Waals surface area (Å²) in [5.41, 5.74) is -0.303. The van der Waals surface area contributed by atoms with Crippen molar-refractivity contribution in [3.05, 3.63) is 29.6 Å². The third-order valence-electron chi connectivity index (χ3n) is 4.25. The molecule has 1 aromatic rings. The molecule has 0 unspecified atom stereocenters. The van der Waals surface area contributed by atoms with Crippen LogP contribution in [-0.4, -0.2) is 48.8 Å². The minimum absolute atomic E-state index is 0.0311. The van der Waals surface area contributed by atoms with E-state index in [0.29, 0.717) is 6.42 Å². The zero-order valence-corrected chi connectivity index (χ0v) is 14.8. The highest BCUT2D eigenvalue weighted by molar-refractivity contribution is 7.89. The summed E-state index contributed by atoms with van der Waals surface area (Å²) < 4.78 is 40.8. The van der Waals surface area contributed by atoms with E-state index in [2.05, 4.69) is 5.32 Å². The van der Waals surface area contributed by atoms with Gasteiger partial charge in [-0.3, -0.25) is 4.79 Å². The van der Waals surface area contributed by atoms with Gasteiger partial charge in [0.15, 0.2) is 0 Å². The van der Waals surface area contributed by atoms with Gasteiger partial charge in [0.25, 0.3) is 0 Å². The molecule has 2 rings (SSSR count). The first kappa shape index (κ1) is 19.3. The number of benzene rings is 1. The molecule has 2 N–H and O–H groups in total. The average molecular weight is 372 g/mol. The number of carbonyl (C=O) groups excluding carboxylic acids is 1. The fourth-order valence-corrected chi connectivity index (χ4v) is 4.70. The van der Waals surface area contributed by atoms with Gasteiger partial charge in [-0.15, -0.1) is 0 Å². The molecule has 1 heterocycles. The molecule has 9 heteroatoms. The molecule has 0 bridgehead atoms. The third-order valence-corrected chi connectivity index (χ3v) is 6.10. The number of hydrogen-bond donors (Lipinski definition) is 2. The number of carboxylic acid groups (broad SMARTS) is 1. The van der Waals surface area contributed by atoms with Crippen molar-refractivity contribution in [1.82, 2.24) is 9.62 Å². The fraction of sp³-hybridized carbons (Fsp3) is 0.500. The Bertz CT molecular complexity index is 781. The second kappa shape index (κ2) is 7.49. The van der Waals surface area contributed by atoms with Crippen LogP contribution in [-0.2, 0) is 14.8 Å². The number of rotatable bonds is 6. The normalized spacial score (nSPS) is 21.2. The van der Waals surface area contributed by atoms with Crippen molar-refractivity contribution in [2.75, 3.05) is 13.1 Å². The molecule has 25 heavy (non-hydrogen) atoms. The molecule has 1 fully saturated rings. The smallest absolute Gasteiger partial charge is 0.335 e. The SMILES string of the molecule is CCC[C@@H]1CN(S(=O)(=O)c2cc(C(=O)O)ccc2F)C[C@H]1NC(C)=O. The summed E-state index contributed by atoms with van der Waals surface area (Å²) in [4.78, 5) is 21.7. The predicted molar refractivity (Wildman–Crippen MR) is 88.1 cm³/mol. The van der Waals surface area contributed by atoms with E-state index in [1.54, 1.807) is 0 Å². The Morgan fingerprint density at radius 1 is 1.36 bits per heavy atom. The first-order valence-electron chi connectivity index (χ1n) is 7.97. The molecular formula is C16H21FN2O5S. The summed E-state index contributed by atoms with van der Waals surface area (Å²) in [6.07, 6.45) is 1.53. The maximum Gasteiger partial charge on any atom is 0.335 e. The monoisotopic (exact) mass is 372 g/mol.